The van der Waals surface area contributed by atoms with E-state index in [-0.39, 0.29) is 6.71 Å². The van der Waals surface area contributed by atoms with Crippen molar-refractivity contribution >= 4 is 116 Å². The Labute approximate surface area is 366 Å². The lowest BCUT2D eigenvalue weighted by Gasteiger charge is -2.34. The van der Waals surface area contributed by atoms with Crippen LogP contribution in [0.15, 0.2) is 182 Å². The Morgan fingerprint density at radius 2 is 1.03 bits per heavy atom. The maximum atomic E-state index is 10.3. The van der Waals surface area contributed by atoms with Crippen LogP contribution in [-0.4, -0.2) is 20.4 Å². The molecule has 0 unspecified atom stereocenters. The van der Waals surface area contributed by atoms with Gasteiger partial charge in [0.15, 0.2) is 5.69 Å². The topological polar surface area (TPSA) is 42.9 Å². The monoisotopic (exact) mass is 807 g/mol. The summed E-state index contributed by atoms with van der Waals surface area (Å²) in [7, 11) is 0. The molecular weight excluding hydrogens is 777 g/mol. The predicted molar refractivity (Wildman–Crippen MR) is 266 cm³/mol. The Morgan fingerprint density at radius 1 is 0.453 bits per heavy atom. The van der Waals surface area contributed by atoms with E-state index in [1.54, 1.807) is 0 Å². The van der Waals surface area contributed by atoms with E-state index in [0.717, 1.165) is 55.5 Å². The third-order valence-corrected chi connectivity index (χ3v) is 14.4. The molecule has 15 rings (SSSR count). The molecule has 0 N–H and O–H groups in total. The molecule has 0 bridgehead atoms. The molecule has 0 radical (unpaired) electrons. The van der Waals surface area contributed by atoms with Gasteiger partial charge in [0.1, 0.15) is 0 Å². The Morgan fingerprint density at radius 3 is 1.70 bits per heavy atom. The van der Waals surface area contributed by atoms with Crippen LogP contribution >= 0.6 is 0 Å². The van der Waals surface area contributed by atoms with Crippen LogP contribution < -0.4 is 16.4 Å². The SMILES string of the molecule is [C-]#[N+]c1ccc2c(c1)c1c3ccccc3cc3c1n2-c1cc(-c2ccc4c5ccccc5n(-c5ccccc5)c4c2)cc2c1B3c1cc3ccccc3c3c4cc(C#N)ccc4n-2c13. The van der Waals surface area contributed by atoms with Crippen LogP contribution in [0.1, 0.15) is 5.56 Å². The first-order valence-corrected chi connectivity index (χ1v) is 21.7. The van der Waals surface area contributed by atoms with Crippen molar-refractivity contribution in [1.29, 1.82) is 5.26 Å². The van der Waals surface area contributed by atoms with Crippen molar-refractivity contribution in [3.63, 3.8) is 0 Å². The zero-order chi connectivity index (χ0) is 41.9. The van der Waals surface area contributed by atoms with Crippen molar-refractivity contribution in [3.05, 3.63) is 199 Å². The van der Waals surface area contributed by atoms with Gasteiger partial charge in [-0.05, 0) is 121 Å². The molecular formula is C58H30BN5. The number of nitrogens with zero attached hydrogens (tertiary/aromatic N) is 5. The van der Waals surface area contributed by atoms with Crippen LogP contribution in [0.4, 0.5) is 5.69 Å². The minimum absolute atomic E-state index is 0.0919. The van der Waals surface area contributed by atoms with Gasteiger partial charge in [0.25, 0.3) is 6.71 Å². The van der Waals surface area contributed by atoms with Gasteiger partial charge < -0.3 is 13.7 Å². The Kier molecular flexibility index (Phi) is 6.32. The molecule has 10 aromatic carbocycles. The predicted octanol–water partition coefficient (Wildman–Crippen LogP) is 12.5. The zero-order valence-corrected chi connectivity index (χ0v) is 34.1. The number of nitriles is 1. The summed E-state index contributed by atoms with van der Waals surface area (Å²) in [5.41, 5.74) is 17.6. The smallest absolute Gasteiger partial charge is 0.252 e. The van der Waals surface area contributed by atoms with Crippen molar-refractivity contribution in [1.82, 2.24) is 13.7 Å². The number of rotatable bonds is 2. The fourth-order valence-electron chi connectivity index (χ4n) is 11.9. The first kappa shape index (κ1) is 33.8. The highest BCUT2D eigenvalue weighted by molar-refractivity contribution is 7.00. The quantitative estimate of drug-likeness (QED) is 0.127. The maximum absolute atomic E-state index is 10.3. The van der Waals surface area contributed by atoms with Crippen LogP contribution in [0.25, 0.3) is 120 Å². The molecule has 13 aromatic rings. The molecule has 5 heterocycles. The molecule has 2 aliphatic rings. The van der Waals surface area contributed by atoms with E-state index in [4.69, 9.17) is 6.57 Å². The lowest BCUT2D eigenvalue weighted by atomic mass is 9.34. The molecule has 0 amide bonds. The maximum Gasteiger partial charge on any atom is 0.252 e. The van der Waals surface area contributed by atoms with Gasteiger partial charge in [-0.1, -0.05) is 115 Å². The largest absolute Gasteiger partial charge is 0.310 e. The van der Waals surface area contributed by atoms with Crippen molar-refractivity contribution in [2.75, 3.05) is 0 Å². The summed E-state index contributed by atoms with van der Waals surface area (Å²) in [6, 6.07) is 68.3. The third-order valence-electron chi connectivity index (χ3n) is 14.4. The normalized spacial score (nSPS) is 12.6. The summed E-state index contributed by atoms with van der Waals surface area (Å²) < 4.78 is 7.39. The lowest BCUT2D eigenvalue weighted by molar-refractivity contribution is 1.14. The molecule has 0 spiro atoms. The Balaban J connectivity index is 1.15. The lowest BCUT2D eigenvalue weighted by Crippen LogP contribution is -2.59. The number of para-hydroxylation sites is 2. The zero-order valence-electron chi connectivity index (χ0n) is 34.1. The number of aromatic nitrogens is 3. The van der Waals surface area contributed by atoms with Crippen molar-refractivity contribution in [2.45, 2.75) is 0 Å². The first-order valence-electron chi connectivity index (χ1n) is 21.7. The molecule has 2 aliphatic heterocycles. The van der Waals surface area contributed by atoms with Crippen molar-refractivity contribution < 1.29 is 0 Å². The summed E-state index contributed by atoms with van der Waals surface area (Å²) in [4.78, 5) is 3.94. The molecule has 0 saturated carbocycles. The molecule has 0 fully saturated rings. The summed E-state index contributed by atoms with van der Waals surface area (Å²) in [5, 5.41) is 22.0. The Bertz CT molecular complexity index is 4200. The minimum Gasteiger partial charge on any atom is -0.310 e. The van der Waals surface area contributed by atoms with E-state index in [2.05, 4.69) is 194 Å². The highest BCUT2D eigenvalue weighted by Gasteiger charge is 2.42. The second-order valence-electron chi connectivity index (χ2n) is 17.4. The van der Waals surface area contributed by atoms with Gasteiger partial charge in [-0.3, -0.25) is 0 Å². The molecule has 6 heteroatoms. The van der Waals surface area contributed by atoms with Gasteiger partial charge in [-0.2, -0.15) is 5.26 Å². The van der Waals surface area contributed by atoms with Crippen LogP contribution in [0.3, 0.4) is 0 Å². The van der Waals surface area contributed by atoms with Gasteiger partial charge in [0.05, 0.1) is 45.8 Å². The summed E-state index contributed by atoms with van der Waals surface area (Å²) >= 11 is 0. The summed E-state index contributed by atoms with van der Waals surface area (Å²) in [5.74, 6) is 0. The fraction of sp³-hybridized carbons (Fsp3) is 0. The minimum atomic E-state index is -0.0919. The first-order chi connectivity index (χ1) is 31.7. The van der Waals surface area contributed by atoms with Gasteiger partial charge in [0.2, 0.25) is 0 Å². The second kappa shape index (κ2) is 12.0. The fourth-order valence-corrected chi connectivity index (χ4v) is 11.9. The van der Waals surface area contributed by atoms with Crippen molar-refractivity contribution in [2.24, 2.45) is 0 Å². The molecule has 0 aliphatic carbocycles. The van der Waals surface area contributed by atoms with Gasteiger partial charge in [0, 0.05) is 49.5 Å². The van der Waals surface area contributed by atoms with Gasteiger partial charge in [-0.25, -0.2) is 4.85 Å². The van der Waals surface area contributed by atoms with E-state index in [1.165, 1.54) is 76.0 Å². The van der Waals surface area contributed by atoms with Gasteiger partial charge in [-0.15, -0.1) is 0 Å². The van der Waals surface area contributed by atoms with E-state index in [0.29, 0.717) is 11.3 Å². The van der Waals surface area contributed by atoms with E-state index >= 15 is 0 Å². The molecule has 3 aromatic heterocycles. The number of hydrogen-bond acceptors (Lipinski definition) is 1. The summed E-state index contributed by atoms with van der Waals surface area (Å²) in [6.07, 6.45) is 0. The standard InChI is InChI=1S/C58H30BN5/c1-61-38-21-24-50-45(31-38)55-41-16-8-6-12-36(41)27-47-58(55)64(50)53-30-37(34-20-22-43-42-17-9-10-18-48(42)62(51(43)28-34)39-13-3-2-4-14-39)29-52-56(53)59(47)46-26-35-11-5-7-15-40(35)54-44-25-33(32-60)19-23-49(44)63(52)57(46)54/h2-31H. The number of benzene rings is 10. The number of fused-ring (bicyclic) bond motifs is 17. The average molecular weight is 808 g/mol. The highest BCUT2D eigenvalue weighted by atomic mass is 15.0. The molecule has 64 heavy (non-hydrogen) atoms. The van der Waals surface area contributed by atoms with Gasteiger partial charge >= 0.3 is 0 Å². The third kappa shape index (κ3) is 4.13. The van der Waals surface area contributed by atoms with E-state index < -0.39 is 0 Å². The molecule has 0 saturated heterocycles. The van der Waals surface area contributed by atoms with Crippen LogP contribution in [0.2, 0.25) is 0 Å². The van der Waals surface area contributed by atoms with E-state index in [1.807, 2.05) is 12.1 Å². The molecule has 5 nitrogen and oxygen atoms in total. The van der Waals surface area contributed by atoms with Crippen molar-refractivity contribution in [3.8, 4) is 34.3 Å². The highest BCUT2D eigenvalue weighted by Crippen LogP contribution is 2.45. The Hall–Kier alpha value is -8.84. The number of hydrogen-bond donors (Lipinski definition) is 0. The van der Waals surface area contributed by atoms with Crippen LogP contribution in [0.5, 0.6) is 0 Å². The van der Waals surface area contributed by atoms with E-state index in [9.17, 15) is 5.26 Å². The molecule has 0 atom stereocenters. The summed E-state index contributed by atoms with van der Waals surface area (Å²) in [6.45, 7) is 7.98. The van der Waals surface area contributed by atoms with Crippen LogP contribution in [0, 0.1) is 17.9 Å². The van der Waals surface area contributed by atoms with Crippen LogP contribution in [-0.2, 0) is 0 Å². The second-order valence-corrected chi connectivity index (χ2v) is 17.4. The molecule has 290 valence electrons. The average Bonchev–Trinajstić information content (AvgIpc) is 4.00.